The number of amides is 1. The van der Waals surface area contributed by atoms with Gasteiger partial charge in [-0.25, -0.2) is 9.78 Å². The summed E-state index contributed by atoms with van der Waals surface area (Å²) in [5, 5.41) is 9.34. The monoisotopic (exact) mass is 480 g/mol. The van der Waals surface area contributed by atoms with E-state index in [-0.39, 0.29) is 24.0 Å². The second kappa shape index (κ2) is 11.2. The normalized spacial score (nSPS) is 12.2. The lowest BCUT2D eigenvalue weighted by Gasteiger charge is -2.29. The number of imidazole rings is 1. The van der Waals surface area contributed by atoms with Crippen LogP contribution in [0.15, 0.2) is 23.7 Å². The van der Waals surface area contributed by atoms with Gasteiger partial charge in [-0.15, -0.1) is 24.0 Å². The predicted molar refractivity (Wildman–Crippen MR) is 115 cm³/mol. The number of halogens is 1. The van der Waals surface area contributed by atoms with Crippen LogP contribution in [0, 0.1) is 0 Å². The number of aromatic nitrogens is 2. The van der Waals surface area contributed by atoms with Crippen molar-refractivity contribution in [2.75, 3.05) is 20.1 Å². The number of alkyl carbamates (subject to hydrolysis) is 1. The van der Waals surface area contributed by atoms with Gasteiger partial charge in [-0.1, -0.05) is 0 Å². The van der Waals surface area contributed by atoms with Gasteiger partial charge >= 0.3 is 6.09 Å². The molecule has 8 nitrogen and oxygen atoms in total. The second-order valence-electron chi connectivity index (χ2n) is 7.52. The molecule has 1 amide bonds. The minimum Gasteiger partial charge on any atom is -0.444 e. The van der Waals surface area contributed by atoms with Gasteiger partial charge in [0.2, 0.25) is 0 Å². The number of aliphatic imine (C=N–C) groups is 1. The summed E-state index contributed by atoms with van der Waals surface area (Å²) < 4.78 is 7.32. The maximum atomic E-state index is 11.9. The summed E-state index contributed by atoms with van der Waals surface area (Å²) in [5.41, 5.74) is -0.989. The molecule has 0 spiro atoms. The van der Waals surface area contributed by atoms with Crippen molar-refractivity contribution in [2.45, 2.75) is 58.7 Å². The molecule has 0 saturated carbocycles. The molecule has 0 aliphatic carbocycles. The highest BCUT2D eigenvalue weighted by Crippen LogP contribution is 2.09. The molecule has 0 aromatic carbocycles. The standard InChI is InChI=1S/C17H32N6O2.HI/c1-16(2,3)25-15(24)22-17(4,5)12-21-14(18-6)20-8-7-10-23-11-9-19-13-23;/h9,11,13H,7-8,10,12H2,1-6H3,(H,22,24)(H2,18,20,21);1H. The number of carbonyl (C=O) groups is 1. The van der Waals surface area contributed by atoms with Gasteiger partial charge in [-0.05, 0) is 41.0 Å². The average Bonchev–Trinajstić information content (AvgIpc) is 2.97. The molecule has 0 radical (unpaired) electrons. The quantitative estimate of drug-likeness (QED) is 0.241. The summed E-state index contributed by atoms with van der Waals surface area (Å²) in [6.45, 7) is 11.6. The molecule has 1 aromatic heterocycles. The predicted octanol–water partition coefficient (Wildman–Crippen LogP) is 2.36. The van der Waals surface area contributed by atoms with Crippen LogP contribution < -0.4 is 16.0 Å². The highest BCUT2D eigenvalue weighted by atomic mass is 127. The van der Waals surface area contributed by atoms with E-state index in [2.05, 4.69) is 25.9 Å². The highest BCUT2D eigenvalue weighted by Gasteiger charge is 2.24. The Hall–Kier alpha value is -1.52. The van der Waals surface area contributed by atoms with Gasteiger partial charge < -0.3 is 25.3 Å². The number of carbonyl (C=O) groups excluding carboxylic acids is 1. The van der Waals surface area contributed by atoms with E-state index in [4.69, 9.17) is 4.74 Å². The number of nitrogens with one attached hydrogen (secondary N) is 3. The Balaban J connectivity index is 0.00000625. The summed E-state index contributed by atoms with van der Waals surface area (Å²) in [6.07, 6.45) is 6.04. The fourth-order valence-corrected chi connectivity index (χ4v) is 2.04. The number of ether oxygens (including phenoxy) is 1. The summed E-state index contributed by atoms with van der Waals surface area (Å²) in [7, 11) is 1.72. The van der Waals surface area contributed by atoms with Crippen LogP contribution in [0.1, 0.15) is 41.0 Å². The second-order valence-corrected chi connectivity index (χ2v) is 7.52. The van der Waals surface area contributed by atoms with Crippen LogP contribution in [-0.2, 0) is 11.3 Å². The summed E-state index contributed by atoms with van der Waals surface area (Å²) in [5.74, 6) is 0.699. The number of hydrogen-bond acceptors (Lipinski definition) is 4. The molecular formula is C17H33IN6O2. The zero-order chi connectivity index (χ0) is 18.9. The van der Waals surface area contributed by atoms with Crippen LogP contribution in [0.25, 0.3) is 0 Å². The van der Waals surface area contributed by atoms with Crippen LogP contribution in [-0.4, -0.2) is 52.9 Å². The van der Waals surface area contributed by atoms with E-state index in [0.717, 1.165) is 19.5 Å². The van der Waals surface area contributed by atoms with Gasteiger partial charge in [-0.3, -0.25) is 4.99 Å². The molecule has 26 heavy (non-hydrogen) atoms. The molecule has 0 atom stereocenters. The topological polar surface area (TPSA) is 92.6 Å². The molecule has 9 heteroatoms. The van der Waals surface area contributed by atoms with Crippen molar-refractivity contribution in [2.24, 2.45) is 4.99 Å². The van der Waals surface area contributed by atoms with Gasteiger partial charge in [0.05, 0.1) is 11.9 Å². The smallest absolute Gasteiger partial charge is 0.408 e. The number of aryl methyl sites for hydroxylation is 1. The lowest BCUT2D eigenvalue weighted by Crippen LogP contribution is -2.54. The van der Waals surface area contributed by atoms with Crippen molar-refractivity contribution in [1.82, 2.24) is 25.5 Å². The maximum absolute atomic E-state index is 11.9. The van der Waals surface area contributed by atoms with Crippen LogP contribution >= 0.6 is 24.0 Å². The molecule has 1 rings (SSSR count). The first kappa shape index (κ1) is 24.5. The molecule has 1 aromatic rings. The summed E-state index contributed by atoms with van der Waals surface area (Å²) in [6, 6.07) is 0. The molecule has 0 bridgehead atoms. The van der Waals surface area contributed by atoms with E-state index in [0.29, 0.717) is 12.5 Å². The Morgan fingerprint density at radius 2 is 1.92 bits per heavy atom. The third-order valence-electron chi connectivity index (χ3n) is 3.21. The van der Waals surface area contributed by atoms with Crippen LogP contribution in [0.5, 0.6) is 0 Å². The number of nitrogens with zero attached hydrogens (tertiary/aromatic N) is 3. The van der Waals surface area contributed by atoms with E-state index < -0.39 is 17.2 Å². The summed E-state index contributed by atoms with van der Waals surface area (Å²) in [4.78, 5) is 20.1. The van der Waals surface area contributed by atoms with Gasteiger partial charge in [0, 0.05) is 39.1 Å². The van der Waals surface area contributed by atoms with Crippen molar-refractivity contribution in [3.63, 3.8) is 0 Å². The molecule has 0 saturated heterocycles. The number of hydrogen-bond donors (Lipinski definition) is 3. The lowest BCUT2D eigenvalue weighted by molar-refractivity contribution is 0.0474. The van der Waals surface area contributed by atoms with E-state index in [1.807, 2.05) is 45.4 Å². The van der Waals surface area contributed by atoms with Crippen molar-refractivity contribution >= 4 is 36.0 Å². The number of guanidine groups is 1. The molecular weight excluding hydrogens is 447 g/mol. The Bertz CT molecular complexity index is 552. The lowest BCUT2D eigenvalue weighted by atomic mass is 10.1. The fraction of sp³-hybridized carbons (Fsp3) is 0.706. The van der Waals surface area contributed by atoms with E-state index >= 15 is 0 Å². The van der Waals surface area contributed by atoms with Crippen LogP contribution in [0.4, 0.5) is 4.79 Å². The third-order valence-corrected chi connectivity index (χ3v) is 3.21. The molecule has 0 aliphatic rings. The molecule has 0 aliphatic heterocycles. The average molecular weight is 480 g/mol. The first-order chi connectivity index (χ1) is 11.6. The Labute approximate surface area is 173 Å². The minimum absolute atomic E-state index is 0. The molecule has 1 heterocycles. The molecule has 150 valence electrons. The fourth-order valence-electron chi connectivity index (χ4n) is 2.04. The Morgan fingerprint density at radius 1 is 1.23 bits per heavy atom. The Kier molecular flexibility index (Phi) is 10.6. The zero-order valence-corrected chi connectivity index (χ0v) is 19.0. The maximum Gasteiger partial charge on any atom is 0.408 e. The first-order valence-electron chi connectivity index (χ1n) is 8.53. The molecule has 0 unspecified atom stereocenters. The highest BCUT2D eigenvalue weighted by molar-refractivity contribution is 14.0. The van der Waals surface area contributed by atoms with E-state index in [9.17, 15) is 4.79 Å². The van der Waals surface area contributed by atoms with Gasteiger partial charge in [-0.2, -0.15) is 0 Å². The third kappa shape index (κ3) is 11.2. The van der Waals surface area contributed by atoms with Gasteiger partial charge in [0.15, 0.2) is 5.96 Å². The van der Waals surface area contributed by atoms with Crippen LogP contribution in [0.2, 0.25) is 0 Å². The SMILES string of the molecule is CN=C(NCCCn1ccnc1)NCC(C)(C)NC(=O)OC(C)(C)C.I. The molecule has 0 fully saturated rings. The van der Waals surface area contributed by atoms with Gasteiger partial charge in [0.1, 0.15) is 5.60 Å². The zero-order valence-electron chi connectivity index (χ0n) is 16.6. The van der Waals surface area contributed by atoms with E-state index in [1.165, 1.54) is 0 Å². The number of rotatable bonds is 7. The largest absolute Gasteiger partial charge is 0.444 e. The van der Waals surface area contributed by atoms with Crippen LogP contribution in [0.3, 0.4) is 0 Å². The summed E-state index contributed by atoms with van der Waals surface area (Å²) >= 11 is 0. The minimum atomic E-state index is -0.513. The van der Waals surface area contributed by atoms with E-state index in [1.54, 1.807) is 19.6 Å². The first-order valence-corrected chi connectivity index (χ1v) is 8.53. The van der Waals surface area contributed by atoms with Crippen molar-refractivity contribution in [1.29, 1.82) is 0 Å². The van der Waals surface area contributed by atoms with Gasteiger partial charge in [0.25, 0.3) is 0 Å². The van der Waals surface area contributed by atoms with Crippen molar-refractivity contribution in [3.05, 3.63) is 18.7 Å². The van der Waals surface area contributed by atoms with Crippen molar-refractivity contribution in [3.8, 4) is 0 Å². The molecule has 3 N–H and O–H groups in total. The van der Waals surface area contributed by atoms with Crippen molar-refractivity contribution < 1.29 is 9.53 Å². The Morgan fingerprint density at radius 3 is 2.46 bits per heavy atom.